The molecule has 198 valence electrons. The van der Waals surface area contributed by atoms with E-state index < -0.39 is 24.2 Å². The first-order valence-corrected chi connectivity index (χ1v) is 11.9. The van der Waals surface area contributed by atoms with Gasteiger partial charge in [-0.05, 0) is 50.5 Å². The molecule has 37 heavy (non-hydrogen) atoms. The maximum atomic E-state index is 13.7. The number of benzene rings is 1. The minimum atomic E-state index is -4.63. The predicted octanol–water partition coefficient (Wildman–Crippen LogP) is 4.51. The van der Waals surface area contributed by atoms with Crippen molar-refractivity contribution in [2.45, 2.75) is 58.0 Å². The molecule has 12 heteroatoms. The summed E-state index contributed by atoms with van der Waals surface area (Å²) < 4.78 is 62.5. The average molecular weight is 521 g/mol. The third kappa shape index (κ3) is 4.53. The van der Waals surface area contributed by atoms with Crippen molar-refractivity contribution in [2.75, 3.05) is 13.7 Å². The van der Waals surface area contributed by atoms with E-state index in [1.165, 1.54) is 19.2 Å². The molecular formula is C25H27F3N4O5. The molecule has 1 aromatic carbocycles. The molecule has 0 saturated carbocycles. The lowest BCUT2D eigenvalue weighted by Crippen LogP contribution is -2.53. The number of ether oxygens (including phenoxy) is 3. The molecule has 2 N–H and O–H groups in total. The van der Waals surface area contributed by atoms with Gasteiger partial charge in [0.15, 0.2) is 24.0 Å². The maximum absolute atomic E-state index is 13.7. The highest BCUT2D eigenvalue weighted by Crippen LogP contribution is 2.39. The van der Waals surface area contributed by atoms with Crippen LogP contribution in [0.15, 0.2) is 28.7 Å². The highest BCUT2D eigenvalue weighted by molar-refractivity contribution is 5.98. The summed E-state index contributed by atoms with van der Waals surface area (Å²) in [5.74, 6) is 0.216. The molecule has 2 fully saturated rings. The fraction of sp³-hybridized carbons (Fsp3) is 0.480. The molecule has 3 atom stereocenters. The van der Waals surface area contributed by atoms with Gasteiger partial charge in [-0.1, -0.05) is 6.92 Å². The van der Waals surface area contributed by atoms with Gasteiger partial charge in [-0.2, -0.15) is 13.2 Å². The van der Waals surface area contributed by atoms with Gasteiger partial charge in [-0.3, -0.25) is 4.79 Å². The van der Waals surface area contributed by atoms with Crippen LogP contribution < -0.4 is 10.5 Å². The van der Waals surface area contributed by atoms with Crippen molar-refractivity contribution in [3.05, 3.63) is 41.4 Å². The van der Waals surface area contributed by atoms with Crippen molar-refractivity contribution >= 4 is 16.8 Å². The lowest BCUT2D eigenvalue weighted by atomic mass is 10.1. The summed E-state index contributed by atoms with van der Waals surface area (Å²) in [4.78, 5) is 23.6. The molecule has 9 nitrogen and oxygen atoms in total. The van der Waals surface area contributed by atoms with Gasteiger partial charge in [0, 0.05) is 17.5 Å². The normalized spacial score (nSPS) is 24.8. The number of pyridine rings is 1. The van der Waals surface area contributed by atoms with Gasteiger partial charge in [0.1, 0.15) is 17.0 Å². The highest BCUT2D eigenvalue weighted by Gasteiger charge is 2.46. The minimum absolute atomic E-state index is 0.00918. The zero-order chi connectivity index (χ0) is 26.6. The number of likely N-dealkylation sites (tertiary alicyclic amines) is 1. The summed E-state index contributed by atoms with van der Waals surface area (Å²) in [5, 5.41) is 0.321. The van der Waals surface area contributed by atoms with Gasteiger partial charge >= 0.3 is 6.18 Å². The van der Waals surface area contributed by atoms with Gasteiger partial charge in [-0.25, -0.2) is 9.97 Å². The van der Waals surface area contributed by atoms with Crippen molar-refractivity contribution in [1.82, 2.24) is 14.9 Å². The Labute approximate surface area is 210 Å². The van der Waals surface area contributed by atoms with Crippen LogP contribution in [0.4, 0.5) is 13.2 Å². The first kappa shape index (κ1) is 25.4. The summed E-state index contributed by atoms with van der Waals surface area (Å²) in [5.41, 5.74) is 5.46. The molecule has 1 amide bonds. The predicted molar refractivity (Wildman–Crippen MR) is 125 cm³/mol. The number of hydrogen-bond donors (Lipinski definition) is 1. The van der Waals surface area contributed by atoms with E-state index in [9.17, 15) is 18.0 Å². The second-order valence-electron chi connectivity index (χ2n) is 9.50. The van der Waals surface area contributed by atoms with Crippen LogP contribution in [0.2, 0.25) is 0 Å². The fourth-order valence-corrected chi connectivity index (χ4v) is 4.89. The molecule has 0 bridgehead atoms. The zero-order valence-electron chi connectivity index (χ0n) is 20.7. The number of oxazole rings is 1. The number of rotatable bonds is 5. The second kappa shape index (κ2) is 9.26. The average Bonchev–Trinajstić information content (AvgIpc) is 3.44. The molecule has 2 saturated heterocycles. The molecule has 0 unspecified atom stereocenters. The van der Waals surface area contributed by atoms with E-state index in [-0.39, 0.29) is 52.8 Å². The zero-order valence-corrected chi connectivity index (χ0v) is 20.7. The van der Waals surface area contributed by atoms with Crippen molar-refractivity contribution in [2.24, 2.45) is 11.7 Å². The molecule has 3 aromatic rings. The molecule has 5 rings (SSSR count). The Hall–Kier alpha value is -3.22. The largest absolute Gasteiger partial charge is 0.494 e. The standard InChI is InChI=1S/C25H27F3N4O5/c1-11-9-16(24-35-13(3)36-24)32(10-11)23(33)20-21(12(2)29)37-22(31-20)15-5-7-17(34-4)19-14(15)6-8-18(30-19)25(26,27)28/h5-8,11-13,16,24H,9-10,29H2,1-4H3/t11-,12+,13?,16+,24?/m1/s1. The maximum Gasteiger partial charge on any atom is 0.433 e. The third-order valence-corrected chi connectivity index (χ3v) is 6.61. The number of amides is 1. The third-order valence-electron chi connectivity index (χ3n) is 6.61. The Bertz CT molecular complexity index is 1340. The molecule has 2 aromatic heterocycles. The number of fused-ring (bicyclic) bond motifs is 1. The molecule has 4 heterocycles. The van der Waals surface area contributed by atoms with Crippen LogP contribution in [-0.2, 0) is 15.7 Å². The fourth-order valence-electron chi connectivity index (χ4n) is 4.89. The van der Waals surface area contributed by atoms with Crippen molar-refractivity contribution < 1.29 is 36.6 Å². The van der Waals surface area contributed by atoms with Crippen LogP contribution in [0.1, 0.15) is 55.2 Å². The summed E-state index contributed by atoms with van der Waals surface area (Å²) in [6.07, 6.45) is -4.77. The molecule has 0 spiro atoms. The van der Waals surface area contributed by atoms with E-state index >= 15 is 0 Å². The molecular weight excluding hydrogens is 493 g/mol. The van der Waals surface area contributed by atoms with Crippen LogP contribution in [0.5, 0.6) is 5.75 Å². The van der Waals surface area contributed by atoms with Crippen LogP contribution in [0.3, 0.4) is 0 Å². The Morgan fingerprint density at radius 2 is 1.92 bits per heavy atom. The highest BCUT2D eigenvalue weighted by atomic mass is 19.4. The number of halogens is 3. The van der Waals surface area contributed by atoms with Gasteiger partial charge < -0.3 is 29.3 Å². The van der Waals surface area contributed by atoms with Crippen molar-refractivity contribution in [3.8, 4) is 17.2 Å². The Morgan fingerprint density at radius 3 is 2.54 bits per heavy atom. The SMILES string of the molecule is COc1ccc(-c2nc(C(=O)N3C[C@H](C)C[C@H]3C3OC(C)O3)c([C@H](C)N)o2)c2ccc(C(F)(F)F)nc12. The number of nitrogens with two attached hydrogens (primary N) is 1. The van der Waals surface area contributed by atoms with Crippen molar-refractivity contribution in [1.29, 1.82) is 0 Å². The molecule has 0 aliphatic carbocycles. The van der Waals surface area contributed by atoms with E-state index in [1.807, 2.05) is 6.92 Å². The number of nitrogens with zero attached hydrogens (tertiary/aromatic N) is 3. The quantitative estimate of drug-likeness (QED) is 0.523. The van der Waals surface area contributed by atoms with E-state index in [1.54, 1.807) is 24.8 Å². The lowest BCUT2D eigenvalue weighted by molar-refractivity contribution is -0.387. The van der Waals surface area contributed by atoms with E-state index in [4.69, 9.17) is 24.4 Å². The number of methoxy groups -OCH3 is 1. The Morgan fingerprint density at radius 1 is 1.19 bits per heavy atom. The Kier molecular flexibility index (Phi) is 6.37. The number of carbonyl (C=O) groups excluding carboxylic acids is 1. The van der Waals surface area contributed by atoms with Crippen molar-refractivity contribution in [3.63, 3.8) is 0 Å². The number of alkyl halides is 3. The minimum Gasteiger partial charge on any atom is -0.494 e. The first-order chi connectivity index (χ1) is 17.5. The molecule has 2 aliphatic rings. The van der Waals surface area contributed by atoms with Crippen LogP contribution >= 0.6 is 0 Å². The topological polar surface area (TPSA) is 113 Å². The van der Waals surface area contributed by atoms with Crippen LogP contribution in [0.25, 0.3) is 22.4 Å². The van der Waals surface area contributed by atoms with Crippen LogP contribution in [-0.4, -0.2) is 53.1 Å². The lowest BCUT2D eigenvalue weighted by Gasteiger charge is -2.40. The smallest absolute Gasteiger partial charge is 0.433 e. The van der Waals surface area contributed by atoms with E-state index in [0.717, 1.165) is 6.07 Å². The summed E-state index contributed by atoms with van der Waals surface area (Å²) in [7, 11) is 1.34. The molecule has 0 radical (unpaired) electrons. The number of aromatic nitrogens is 2. The van der Waals surface area contributed by atoms with Gasteiger partial charge in [0.25, 0.3) is 5.91 Å². The van der Waals surface area contributed by atoms with Gasteiger partial charge in [0.2, 0.25) is 5.89 Å². The van der Waals surface area contributed by atoms with Gasteiger partial charge in [0.05, 0.1) is 19.2 Å². The summed E-state index contributed by atoms with van der Waals surface area (Å²) in [6.45, 7) is 5.96. The molecule has 2 aliphatic heterocycles. The second-order valence-corrected chi connectivity index (χ2v) is 9.50. The monoisotopic (exact) mass is 520 g/mol. The van der Waals surface area contributed by atoms with Gasteiger partial charge in [-0.15, -0.1) is 0 Å². The van der Waals surface area contributed by atoms with Crippen LogP contribution in [0, 0.1) is 5.92 Å². The van der Waals surface area contributed by atoms with E-state index in [0.29, 0.717) is 23.9 Å². The number of carbonyl (C=O) groups is 1. The number of hydrogen-bond acceptors (Lipinski definition) is 8. The van der Waals surface area contributed by atoms with E-state index in [2.05, 4.69) is 9.97 Å². The Balaban J connectivity index is 1.57. The summed E-state index contributed by atoms with van der Waals surface area (Å²) in [6, 6.07) is 4.28. The first-order valence-electron chi connectivity index (χ1n) is 11.9. The summed E-state index contributed by atoms with van der Waals surface area (Å²) >= 11 is 0.